The van der Waals surface area contributed by atoms with Crippen molar-refractivity contribution in [3.8, 4) is 0 Å². The third-order valence-electron chi connectivity index (χ3n) is 2.04. The lowest BCUT2D eigenvalue weighted by Gasteiger charge is -1.94. The predicted molar refractivity (Wildman–Crippen MR) is 55.1 cm³/mol. The van der Waals surface area contributed by atoms with Crippen LogP contribution in [0.3, 0.4) is 0 Å². The van der Waals surface area contributed by atoms with Gasteiger partial charge in [0.1, 0.15) is 0 Å². The van der Waals surface area contributed by atoms with Crippen LogP contribution in [-0.4, -0.2) is 0 Å². The molecule has 0 nitrogen and oxygen atoms in total. The van der Waals surface area contributed by atoms with Crippen molar-refractivity contribution in [2.45, 2.75) is 38.5 Å². The van der Waals surface area contributed by atoms with Gasteiger partial charge in [-0.2, -0.15) is 0 Å². The fourth-order valence-corrected chi connectivity index (χ4v) is 1.30. The Balaban J connectivity index is 2.31. The highest BCUT2D eigenvalue weighted by molar-refractivity contribution is 5.03. The molecule has 0 aliphatic heterocycles. The summed E-state index contributed by atoms with van der Waals surface area (Å²) in [4.78, 5) is 0. The zero-order valence-electron chi connectivity index (χ0n) is 7.71. The van der Waals surface area contributed by atoms with Crippen molar-refractivity contribution in [1.82, 2.24) is 0 Å². The number of allylic oxidation sites excluding steroid dienone is 6. The Morgan fingerprint density at radius 2 is 1.00 bits per heavy atom. The fraction of sp³-hybridized carbons (Fsp3) is 0.500. The Morgan fingerprint density at radius 3 is 1.83 bits per heavy atom. The SMILES string of the molecule is C1=C\CCCC/C=C/CC/C=C/1. The highest BCUT2D eigenvalue weighted by Crippen LogP contribution is 2.04. The van der Waals surface area contributed by atoms with E-state index in [4.69, 9.17) is 0 Å². The molecule has 0 aromatic carbocycles. The molecule has 0 spiro atoms. The molecule has 0 atom stereocenters. The van der Waals surface area contributed by atoms with Gasteiger partial charge in [0, 0.05) is 0 Å². The van der Waals surface area contributed by atoms with E-state index in [1.54, 1.807) is 0 Å². The van der Waals surface area contributed by atoms with Crippen LogP contribution in [0.1, 0.15) is 38.5 Å². The van der Waals surface area contributed by atoms with Crippen molar-refractivity contribution in [3.63, 3.8) is 0 Å². The van der Waals surface area contributed by atoms with Gasteiger partial charge < -0.3 is 0 Å². The second-order valence-corrected chi connectivity index (χ2v) is 3.19. The molecule has 0 saturated heterocycles. The maximum atomic E-state index is 2.32. The summed E-state index contributed by atoms with van der Waals surface area (Å²) in [5.41, 5.74) is 0. The molecule has 0 aromatic heterocycles. The van der Waals surface area contributed by atoms with Crippen molar-refractivity contribution < 1.29 is 0 Å². The minimum atomic E-state index is 1.18. The van der Waals surface area contributed by atoms with Gasteiger partial charge in [-0.15, -0.1) is 0 Å². The summed E-state index contributed by atoms with van der Waals surface area (Å²) in [5.74, 6) is 0. The molecule has 0 radical (unpaired) electrons. The lowest BCUT2D eigenvalue weighted by molar-refractivity contribution is 0.760. The van der Waals surface area contributed by atoms with Crippen LogP contribution in [0.15, 0.2) is 36.5 Å². The van der Waals surface area contributed by atoms with Gasteiger partial charge in [-0.3, -0.25) is 0 Å². The maximum absolute atomic E-state index is 2.32. The van der Waals surface area contributed by atoms with Crippen LogP contribution in [0, 0.1) is 0 Å². The van der Waals surface area contributed by atoms with Gasteiger partial charge in [0.2, 0.25) is 0 Å². The van der Waals surface area contributed by atoms with Crippen molar-refractivity contribution in [1.29, 1.82) is 0 Å². The second-order valence-electron chi connectivity index (χ2n) is 3.19. The highest BCUT2D eigenvalue weighted by atomic mass is 13.9. The van der Waals surface area contributed by atoms with Gasteiger partial charge in [0.05, 0.1) is 0 Å². The van der Waals surface area contributed by atoms with E-state index in [1.807, 2.05) is 0 Å². The third-order valence-corrected chi connectivity index (χ3v) is 2.04. The molecule has 0 N–H and O–H groups in total. The molecule has 12 heavy (non-hydrogen) atoms. The van der Waals surface area contributed by atoms with Gasteiger partial charge in [-0.05, 0) is 38.5 Å². The molecule has 0 amide bonds. The maximum Gasteiger partial charge on any atom is -0.0313 e. The summed E-state index contributed by atoms with van der Waals surface area (Å²) >= 11 is 0. The Labute approximate surface area is 75.7 Å². The van der Waals surface area contributed by atoms with Crippen molar-refractivity contribution in [3.05, 3.63) is 36.5 Å². The molecule has 0 fully saturated rings. The van der Waals surface area contributed by atoms with Crippen LogP contribution in [0.25, 0.3) is 0 Å². The van der Waals surface area contributed by atoms with Crippen LogP contribution in [0.2, 0.25) is 0 Å². The van der Waals surface area contributed by atoms with Crippen LogP contribution >= 0.6 is 0 Å². The van der Waals surface area contributed by atoms with Crippen LogP contribution < -0.4 is 0 Å². The molecule has 0 unspecified atom stereocenters. The normalized spacial score (nSPS) is 28.0. The summed E-state index contributed by atoms with van der Waals surface area (Å²) < 4.78 is 0. The van der Waals surface area contributed by atoms with Crippen molar-refractivity contribution >= 4 is 0 Å². The molecule has 0 bridgehead atoms. The van der Waals surface area contributed by atoms with E-state index in [0.29, 0.717) is 0 Å². The van der Waals surface area contributed by atoms with E-state index < -0.39 is 0 Å². The smallest absolute Gasteiger partial charge is 0.0313 e. The van der Waals surface area contributed by atoms with Gasteiger partial charge >= 0.3 is 0 Å². The molecular formula is C12H18. The van der Waals surface area contributed by atoms with E-state index in [0.717, 1.165) is 0 Å². The van der Waals surface area contributed by atoms with E-state index in [2.05, 4.69) is 36.5 Å². The van der Waals surface area contributed by atoms with E-state index in [9.17, 15) is 0 Å². The molecule has 66 valence electrons. The molecule has 0 aromatic rings. The zero-order chi connectivity index (χ0) is 8.49. The number of hydrogen-bond donors (Lipinski definition) is 0. The molecule has 1 aliphatic carbocycles. The van der Waals surface area contributed by atoms with Gasteiger partial charge in [0.15, 0.2) is 0 Å². The van der Waals surface area contributed by atoms with Gasteiger partial charge in [-0.1, -0.05) is 36.5 Å². The fourth-order valence-electron chi connectivity index (χ4n) is 1.30. The summed E-state index contributed by atoms with van der Waals surface area (Å²) in [7, 11) is 0. The Kier molecular flexibility index (Phi) is 5.35. The minimum Gasteiger partial charge on any atom is -0.0885 e. The first-order valence-electron chi connectivity index (χ1n) is 4.97. The summed E-state index contributed by atoms with van der Waals surface area (Å²) in [5, 5.41) is 0. The topological polar surface area (TPSA) is 0 Å². The number of rotatable bonds is 0. The third kappa shape index (κ3) is 4.95. The molecule has 0 heteroatoms. The van der Waals surface area contributed by atoms with Crippen LogP contribution in [0.4, 0.5) is 0 Å². The molecule has 0 heterocycles. The summed E-state index contributed by atoms with van der Waals surface area (Å²) in [6.45, 7) is 0. The van der Waals surface area contributed by atoms with E-state index in [-0.39, 0.29) is 0 Å². The highest BCUT2D eigenvalue weighted by Gasteiger charge is 1.84. The largest absolute Gasteiger partial charge is 0.0885 e. The lowest BCUT2D eigenvalue weighted by Crippen LogP contribution is -1.74. The van der Waals surface area contributed by atoms with E-state index in [1.165, 1.54) is 38.5 Å². The Morgan fingerprint density at radius 1 is 0.500 bits per heavy atom. The van der Waals surface area contributed by atoms with Crippen molar-refractivity contribution in [2.75, 3.05) is 0 Å². The number of hydrogen-bond acceptors (Lipinski definition) is 0. The second kappa shape index (κ2) is 6.90. The quantitative estimate of drug-likeness (QED) is 0.472. The standard InChI is InChI=1S/C12H18/c1-2-4-6-8-10-12-11-9-7-5-3-1/h1-4,9,11H,5-8,10,12H2/b3-1+,4-2-,11-9+. The minimum absolute atomic E-state index is 1.18. The van der Waals surface area contributed by atoms with Crippen molar-refractivity contribution in [2.24, 2.45) is 0 Å². The average molecular weight is 162 g/mol. The van der Waals surface area contributed by atoms with Gasteiger partial charge in [-0.25, -0.2) is 0 Å². The molecule has 0 saturated carbocycles. The average Bonchev–Trinajstić information content (AvgIpc) is 2.05. The zero-order valence-corrected chi connectivity index (χ0v) is 7.71. The molecular weight excluding hydrogens is 144 g/mol. The van der Waals surface area contributed by atoms with Gasteiger partial charge in [0.25, 0.3) is 0 Å². The molecule has 1 rings (SSSR count). The predicted octanol–water partition coefficient (Wildman–Crippen LogP) is 4.01. The summed E-state index contributed by atoms with van der Waals surface area (Å²) in [6, 6.07) is 0. The first kappa shape index (κ1) is 9.31. The summed E-state index contributed by atoms with van der Waals surface area (Å²) in [6.07, 6.45) is 21.0. The van der Waals surface area contributed by atoms with Crippen LogP contribution in [-0.2, 0) is 0 Å². The monoisotopic (exact) mass is 162 g/mol. The lowest BCUT2D eigenvalue weighted by atomic mass is 10.1. The van der Waals surface area contributed by atoms with E-state index >= 15 is 0 Å². The molecule has 1 aliphatic rings. The first-order valence-corrected chi connectivity index (χ1v) is 4.97. The van der Waals surface area contributed by atoms with Crippen LogP contribution in [0.5, 0.6) is 0 Å². The Bertz CT molecular complexity index is 172. The Hall–Kier alpha value is -0.780. The first-order chi connectivity index (χ1) is 6.00.